The number of halogens is 1. The Kier molecular flexibility index (Phi) is 2.61. The molecule has 4 heteroatoms. The van der Waals surface area contributed by atoms with Crippen molar-refractivity contribution in [2.75, 3.05) is 0 Å². The van der Waals surface area contributed by atoms with Crippen LogP contribution in [0.3, 0.4) is 0 Å². The molecule has 3 rings (SSSR count). The topological polar surface area (TPSA) is 32.7 Å². The summed E-state index contributed by atoms with van der Waals surface area (Å²) in [5, 5.41) is 0.696. The summed E-state index contributed by atoms with van der Waals surface area (Å²) in [4.78, 5) is 17.8. The molecule has 0 saturated heterocycles. The van der Waals surface area contributed by atoms with Gasteiger partial charge >= 0.3 is 0 Å². The van der Waals surface area contributed by atoms with Gasteiger partial charge in [0.2, 0.25) is 0 Å². The second kappa shape index (κ2) is 4.07. The molecule has 0 aliphatic carbocycles. The molecule has 0 atom stereocenters. The van der Waals surface area contributed by atoms with Crippen LogP contribution in [0.5, 0.6) is 0 Å². The smallest absolute Gasteiger partial charge is 0.273 e. The van der Waals surface area contributed by atoms with Crippen LogP contribution >= 0.6 is 11.6 Å². The summed E-state index contributed by atoms with van der Waals surface area (Å²) < 4.78 is 0. The zero-order valence-corrected chi connectivity index (χ0v) is 11.5. The lowest BCUT2D eigenvalue weighted by Crippen LogP contribution is -2.43. The minimum atomic E-state index is -0.632. The second-order valence-electron chi connectivity index (χ2n) is 5.10. The number of hydrogen-bond donors (Lipinski definition) is 0. The fourth-order valence-electron chi connectivity index (χ4n) is 2.23. The lowest BCUT2D eigenvalue weighted by molar-refractivity contribution is -0.123. The molecule has 0 fully saturated rings. The van der Waals surface area contributed by atoms with Crippen molar-refractivity contribution in [1.29, 1.82) is 0 Å². The molecule has 2 heterocycles. The van der Waals surface area contributed by atoms with Crippen molar-refractivity contribution >= 4 is 28.9 Å². The highest BCUT2D eigenvalue weighted by atomic mass is 35.5. The van der Waals surface area contributed by atoms with Crippen molar-refractivity contribution in [2.45, 2.75) is 19.4 Å². The van der Waals surface area contributed by atoms with Crippen LogP contribution in [-0.2, 0) is 4.79 Å². The Bertz CT molecular complexity index is 656. The SMILES string of the molecule is CC1(C)C(=O)N=C2C=CC(c3ccccc3Cl)=CN21. The standard InChI is InChI=1S/C15H13ClN2O/c1-15(2)14(19)17-13-8-7-10(9-18(13)15)11-5-3-4-6-12(11)16/h3-9H,1-2H3. The fraction of sp³-hybridized carbons (Fsp3) is 0.200. The van der Waals surface area contributed by atoms with E-state index >= 15 is 0 Å². The van der Waals surface area contributed by atoms with E-state index in [0.717, 1.165) is 11.1 Å². The molecule has 2 aliphatic rings. The molecule has 2 aliphatic heterocycles. The van der Waals surface area contributed by atoms with Crippen LogP contribution in [0.25, 0.3) is 5.57 Å². The summed E-state index contributed by atoms with van der Waals surface area (Å²) in [6.45, 7) is 3.73. The first kappa shape index (κ1) is 12.2. The Labute approximate surface area is 116 Å². The molecule has 0 bridgehead atoms. The van der Waals surface area contributed by atoms with Crippen LogP contribution in [-0.4, -0.2) is 22.2 Å². The highest BCUT2D eigenvalue weighted by molar-refractivity contribution is 6.32. The first-order chi connectivity index (χ1) is 9.00. The number of carbonyl (C=O) groups is 1. The molecule has 0 radical (unpaired) electrons. The summed E-state index contributed by atoms with van der Waals surface area (Å²) >= 11 is 6.21. The van der Waals surface area contributed by atoms with Crippen LogP contribution < -0.4 is 0 Å². The molecule has 1 aromatic carbocycles. The van der Waals surface area contributed by atoms with Gasteiger partial charge in [0.15, 0.2) is 0 Å². The molecule has 96 valence electrons. The molecule has 0 saturated carbocycles. The molecule has 3 nitrogen and oxygen atoms in total. The van der Waals surface area contributed by atoms with Gasteiger partial charge in [0.25, 0.3) is 5.91 Å². The zero-order chi connectivity index (χ0) is 13.6. The van der Waals surface area contributed by atoms with E-state index in [1.54, 1.807) is 0 Å². The molecule has 0 spiro atoms. The van der Waals surface area contributed by atoms with Crippen molar-refractivity contribution in [3.05, 3.63) is 53.2 Å². The monoisotopic (exact) mass is 272 g/mol. The normalized spacial score (nSPS) is 20.2. The van der Waals surface area contributed by atoms with E-state index in [0.29, 0.717) is 10.9 Å². The van der Waals surface area contributed by atoms with E-state index in [1.807, 2.05) is 61.4 Å². The number of rotatable bonds is 1. The molecule has 1 aromatic rings. The lowest BCUT2D eigenvalue weighted by atomic mass is 10.00. The van der Waals surface area contributed by atoms with E-state index in [4.69, 9.17) is 11.6 Å². The Morgan fingerprint density at radius 3 is 2.68 bits per heavy atom. The van der Waals surface area contributed by atoms with E-state index in [9.17, 15) is 4.79 Å². The molecular weight excluding hydrogens is 260 g/mol. The van der Waals surface area contributed by atoms with Gasteiger partial charge in [-0.05, 0) is 37.6 Å². The van der Waals surface area contributed by atoms with Crippen LogP contribution in [0.15, 0.2) is 47.6 Å². The first-order valence-electron chi connectivity index (χ1n) is 6.07. The number of amidine groups is 1. The number of allylic oxidation sites excluding steroid dienone is 2. The summed E-state index contributed by atoms with van der Waals surface area (Å²) in [6.07, 6.45) is 5.72. The molecule has 19 heavy (non-hydrogen) atoms. The van der Waals surface area contributed by atoms with Crippen molar-refractivity contribution in [1.82, 2.24) is 4.90 Å². The van der Waals surface area contributed by atoms with Crippen LogP contribution in [0.2, 0.25) is 5.02 Å². The summed E-state index contributed by atoms with van der Waals surface area (Å²) in [7, 11) is 0. The van der Waals surface area contributed by atoms with Crippen LogP contribution in [0.1, 0.15) is 19.4 Å². The first-order valence-corrected chi connectivity index (χ1v) is 6.45. The third-order valence-corrected chi connectivity index (χ3v) is 3.78. The maximum atomic E-state index is 11.9. The maximum Gasteiger partial charge on any atom is 0.273 e. The Balaban J connectivity index is 2.07. The number of nitrogens with zero attached hydrogens (tertiary/aromatic N) is 2. The van der Waals surface area contributed by atoms with Crippen molar-refractivity contribution in [3.63, 3.8) is 0 Å². The molecular formula is C15H13ClN2O. The minimum Gasteiger partial charge on any atom is -0.318 e. The van der Waals surface area contributed by atoms with Crippen molar-refractivity contribution in [2.24, 2.45) is 4.99 Å². The third-order valence-electron chi connectivity index (χ3n) is 3.45. The van der Waals surface area contributed by atoms with Gasteiger partial charge in [-0.15, -0.1) is 0 Å². The summed E-state index contributed by atoms with van der Waals surface area (Å²) in [5.74, 6) is 0.564. The average molecular weight is 273 g/mol. The largest absolute Gasteiger partial charge is 0.318 e. The van der Waals surface area contributed by atoms with Gasteiger partial charge in [-0.3, -0.25) is 4.79 Å². The molecule has 0 unspecified atom stereocenters. The fourth-order valence-corrected chi connectivity index (χ4v) is 2.48. The summed E-state index contributed by atoms with van der Waals surface area (Å²) in [5.41, 5.74) is 1.30. The van der Waals surface area contributed by atoms with Crippen LogP contribution in [0.4, 0.5) is 0 Å². The molecule has 0 N–H and O–H groups in total. The quantitative estimate of drug-likeness (QED) is 0.786. The van der Waals surface area contributed by atoms with E-state index < -0.39 is 5.54 Å². The summed E-state index contributed by atoms with van der Waals surface area (Å²) in [6, 6.07) is 7.66. The Morgan fingerprint density at radius 1 is 1.21 bits per heavy atom. The number of aliphatic imine (C=N–C) groups is 1. The highest BCUT2D eigenvalue weighted by Crippen LogP contribution is 2.33. The average Bonchev–Trinajstić information content (AvgIpc) is 2.61. The molecule has 0 aromatic heterocycles. The highest BCUT2D eigenvalue weighted by Gasteiger charge is 2.41. The van der Waals surface area contributed by atoms with E-state index in [-0.39, 0.29) is 5.91 Å². The van der Waals surface area contributed by atoms with Crippen molar-refractivity contribution in [3.8, 4) is 0 Å². The van der Waals surface area contributed by atoms with Crippen LogP contribution in [0, 0.1) is 0 Å². The predicted molar refractivity (Wildman–Crippen MR) is 76.9 cm³/mol. The van der Waals surface area contributed by atoms with Crippen molar-refractivity contribution < 1.29 is 4.79 Å². The number of hydrogen-bond acceptors (Lipinski definition) is 2. The maximum absolute atomic E-state index is 11.9. The van der Waals surface area contributed by atoms with Gasteiger partial charge in [0, 0.05) is 16.8 Å². The van der Waals surface area contributed by atoms with E-state index in [2.05, 4.69) is 4.99 Å². The third kappa shape index (κ3) is 1.81. The lowest BCUT2D eigenvalue weighted by Gasteiger charge is -2.31. The Hall–Kier alpha value is -1.87. The number of amides is 1. The zero-order valence-electron chi connectivity index (χ0n) is 10.7. The van der Waals surface area contributed by atoms with Gasteiger partial charge < -0.3 is 4.90 Å². The predicted octanol–water partition coefficient (Wildman–Crippen LogP) is 3.27. The second-order valence-corrected chi connectivity index (χ2v) is 5.51. The number of benzene rings is 1. The Morgan fingerprint density at radius 2 is 1.95 bits per heavy atom. The van der Waals surface area contributed by atoms with Gasteiger partial charge in [-0.1, -0.05) is 29.8 Å². The number of fused-ring (bicyclic) bond motifs is 1. The minimum absolute atomic E-state index is 0.121. The van der Waals surface area contributed by atoms with Gasteiger partial charge in [0.05, 0.1) is 0 Å². The van der Waals surface area contributed by atoms with Gasteiger partial charge in [-0.25, -0.2) is 0 Å². The van der Waals surface area contributed by atoms with Gasteiger partial charge in [-0.2, -0.15) is 4.99 Å². The van der Waals surface area contributed by atoms with E-state index in [1.165, 1.54) is 0 Å². The number of carbonyl (C=O) groups excluding carboxylic acids is 1. The molecule has 1 amide bonds. The van der Waals surface area contributed by atoms with Gasteiger partial charge in [0.1, 0.15) is 11.4 Å².